The van der Waals surface area contributed by atoms with Crippen molar-refractivity contribution >= 4 is 23.8 Å². The van der Waals surface area contributed by atoms with Crippen LogP contribution in [0.3, 0.4) is 0 Å². The molecule has 0 atom stereocenters. The maximum absolute atomic E-state index is 10.8. The largest absolute Gasteiger partial charge is 0.331 e. The number of carbonyl (C=O) groups excluding carboxylic acids is 2. The molecule has 5 nitrogen and oxygen atoms in total. The molecule has 5 heteroatoms. The maximum atomic E-state index is 10.8. The number of hydrogen-bond donors (Lipinski definition) is 1. The molecule has 0 aliphatic rings. The average molecular weight is 220 g/mol. The summed E-state index contributed by atoms with van der Waals surface area (Å²) in [5.41, 5.74) is 1.48. The number of oxime groups is 1. The fourth-order valence-corrected chi connectivity index (χ4v) is 1.02. The molecule has 1 aromatic rings. The predicted molar refractivity (Wildman–Crippen MR) is 60.1 cm³/mol. The van der Waals surface area contributed by atoms with Crippen LogP contribution >= 0.6 is 0 Å². The van der Waals surface area contributed by atoms with Crippen LogP contribution in [0.15, 0.2) is 29.4 Å². The first kappa shape index (κ1) is 11.9. The molecule has 84 valence electrons. The van der Waals surface area contributed by atoms with Gasteiger partial charge in [0.1, 0.15) is 0 Å². The second-order valence-electron chi connectivity index (χ2n) is 3.12. The van der Waals surface area contributed by atoms with Crippen molar-refractivity contribution in [1.29, 1.82) is 0 Å². The van der Waals surface area contributed by atoms with Gasteiger partial charge in [-0.1, -0.05) is 17.3 Å². The Bertz CT molecular complexity index is 410. The average Bonchev–Trinajstić information content (AvgIpc) is 2.19. The van der Waals surface area contributed by atoms with Gasteiger partial charge in [-0.2, -0.15) is 0 Å². The predicted octanol–water partition coefficient (Wildman–Crippen LogP) is 1.54. The van der Waals surface area contributed by atoms with Crippen LogP contribution in [0.25, 0.3) is 0 Å². The third kappa shape index (κ3) is 4.36. The lowest BCUT2D eigenvalue weighted by Crippen LogP contribution is -2.05. The molecular formula is C11H12N2O3. The van der Waals surface area contributed by atoms with Gasteiger partial charge < -0.3 is 10.2 Å². The van der Waals surface area contributed by atoms with E-state index in [-0.39, 0.29) is 5.91 Å². The molecule has 0 spiro atoms. The van der Waals surface area contributed by atoms with Crippen LogP contribution in [-0.2, 0) is 14.4 Å². The van der Waals surface area contributed by atoms with E-state index in [1.165, 1.54) is 20.1 Å². The molecule has 1 N–H and O–H groups in total. The fourth-order valence-electron chi connectivity index (χ4n) is 1.02. The minimum absolute atomic E-state index is 0.124. The van der Waals surface area contributed by atoms with Crippen molar-refractivity contribution in [2.45, 2.75) is 13.8 Å². The molecule has 16 heavy (non-hydrogen) atoms. The smallest absolute Gasteiger partial charge is 0.326 e. The number of benzene rings is 1. The first-order chi connectivity index (χ1) is 7.58. The first-order valence-electron chi connectivity index (χ1n) is 4.66. The van der Waals surface area contributed by atoms with Crippen molar-refractivity contribution in [1.82, 2.24) is 0 Å². The summed E-state index contributed by atoms with van der Waals surface area (Å²) >= 11 is 0. The van der Waals surface area contributed by atoms with Gasteiger partial charge in [0, 0.05) is 19.5 Å². The van der Waals surface area contributed by atoms with Gasteiger partial charge in [0.15, 0.2) is 0 Å². The zero-order valence-electron chi connectivity index (χ0n) is 9.06. The van der Waals surface area contributed by atoms with Crippen LogP contribution in [-0.4, -0.2) is 18.1 Å². The Morgan fingerprint density at radius 3 is 2.38 bits per heavy atom. The molecule has 0 fully saturated rings. The standard InChI is InChI=1S/C11H12N2O3/c1-8(14)13-11-5-3-10(4-6-11)7-12-16-9(2)15/h3-7H,1-2H3,(H,13,14)/b12-7-. The second-order valence-corrected chi connectivity index (χ2v) is 3.12. The van der Waals surface area contributed by atoms with Crippen LogP contribution in [0, 0.1) is 0 Å². The van der Waals surface area contributed by atoms with Gasteiger partial charge in [0.2, 0.25) is 5.91 Å². The van der Waals surface area contributed by atoms with E-state index < -0.39 is 5.97 Å². The zero-order chi connectivity index (χ0) is 12.0. The highest BCUT2D eigenvalue weighted by Gasteiger charge is 1.95. The minimum atomic E-state index is -0.467. The molecule has 1 aromatic carbocycles. The van der Waals surface area contributed by atoms with E-state index in [9.17, 15) is 9.59 Å². The van der Waals surface area contributed by atoms with Crippen molar-refractivity contribution in [3.05, 3.63) is 29.8 Å². The first-order valence-corrected chi connectivity index (χ1v) is 4.66. The number of nitrogens with one attached hydrogen (secondary N) is 1. The Hall–Kier alpha value is -2.17. The van der Waals surface area contributed by atoms with Crippen molar-refractivity contribution < 1.29 is 14.4 Å². The summed E-state index contributed by atoms with van der Waals surface area (Å²) in [6.07, 6.45) is 1.42. The fraction of sp³-hybridized carbons (Fsp3) is 0.182. The van der Waals surface area contributed by atoms with E-state index in [1.54, 1.807) is 24.3 Å². The van der Waals surface area contributed by atoms with Crippen LogP contribution < -0.4 is 5.32 Å². The summed E-state index contributed by atoms with van der Waals surface area (Å²) in [6, 6.07) is 6.96. The van der Waals surface area contributed by atoms with Gasteiger partial charge >= 0.3 is 5.97 Å². The molecule has 0 saturated carbocycles. The highest BCUT2D eigenvalue weighted by molar-refractivity contribution is 5.89. The molecule has 0 aliphatic heterocycles. The normalized spacial score (nSPS) is 10.1. The molecule has 1 amide bonds. The quantitative estimate of drug-likeness (QED) is 0.477. The number of carbonyl (C=O) groups is 2. The zero-order valence-corrected chi connectivity index (χ0v) is 9.06. The molecular weight excluding hydrogens is 208 g/mol. The minimum Gasteiger partial charge on any atom is -0.326 e. The maximum Gasteiger partial charge on any atom is 0.331 e. The highest BCUT2D eigenvalue weighted by Crippen LogP contribution is 2.07. The van der Waals surface area contributed by atoms with Gasteiger partial charge in [-0.15, -0.1) is 0 Å². The summed E-state index contributed by atoms with van der Waals surface area (Å²) in [5.74, 6) is -0.590. The summed E-state index contributed by atoms with van der Waals surface area (Å²) < 4.78 is 0. The second kappa shape index (κ2) is 5.65. The van der Waals surface area contributed by atoms with Crippen molar-refractivity contribution in [3.63, 3.8) is 0 Å². The summed E-state index contributed by atoms with van der Waals surface area (Å²) in [7, 11) is 0. The summed E-state index contributed by atoms with van der Waals surface area (Å²) in [5, 5.41) is 6.11. The molecule has 0 bridgehead atoms. The van der Waals surface area contributed by atoms with Crippen molar-refractivity contribution in [2.75, 3.05) is 5.32 Å². The molecule has 0 saturated heterocycles. The number of rotatable bonds is 3. The van der Waals surface area contributed by atoms with E-state index >= 15 is 0 Å². The molecule has 0 aliphatic carbocycles. The lowest BCUT2D eigenvalue weighted by molar-refractivity contribution is -0.140. The van der Waals surface area contributed by atoms with Gasteiger partial charge in [-0.05, 0) is 17.7 Å². The van der Waals surface area contributed by atoms with E-state index in [0.29, 0.717) is 5.69 Å². The number of amides is 1. The lowest BCUT2D eigenvalue weighted by Gasteiger charge is -2.01. The highest BCUT2D eigenvalue weighted by atomic mass is 16.7. The van der Waals surface area contributed by atoms with Gasteiger partial charge in [-0.3, -0.25) is 4.79 Å². The Kier molecular flexibility index (Phi) is 4.20. The van der Waals surface area contributed by atoms with Crippen LogP contribution in [0.5, 0.6) is 0 Å². The van der Waals surface area contributed by atoms with E-state index in [0.717, 1.165) is 5.56 Å². The molecule has 0 heterocycles. The summed E-state index contributed by atoms with van der Waals surface area (Å²) in [4.78, 5) is 25.6. The Morgan fingerprint density at radius 2 is 1.88 bits per heavy atom. The van der Waals surface area contributed by atoms with Gasteiger partial charge in [0.25, 0.3) is 0 Å². The SMILES string of the molecule is CC(=O)Nc1ccc(/C=N\OC(C)=O)cc1. The van der Waals surface area contributed by atoms with E-state index in [1.807, 2.05) is 0 Å². The van der Waals surface area contributed by atoms with E-state index in [2.05, 4.69) is 15.3 Å². The van der Waals surface area contributed by atoms with Crippen LogP contribution in [0.1, 0.15) is 19.4 Å². The Labute approximate surface area is 93.1 Å². The Morgan fingerprint density at radius 1 is 1.25 bits per heavy atom. The number of nitrogens with zero attached hydrogens (tertiary/aromatic N) is 1. The number of anilines is 1. The third-order valence-electron chi connectivity index (χ3n) is 1.61. The molecule has 1 rings (SSSR count). The third-order valence-corrected chi connectivity index (χ3v) is 1.61. The topological polar surface area (TPSA) is 67.8 Å². The van der Waals surface area contributed by atoms with E-state index in [4.69, 9.17) is 0 Å². The number of hydrogen-bond acceptors (Lipinski definition) is 4. The molecule has 0 unspecified atom stereocenters. The monoisotopic (exact) mass is 220 g/mol. The molecule has 0 aromatic heterocycles. The van der Waals surface area contributed by atoms with Crippen molar-refractivity contribution in [3.8, 4) is 0 Å². The summed E-state index contributed by atoms with van der Waals surface area (Å²) in [6.45, 7) is 2.72. The van der Waals surface area contributed by atoms with Crippen LogP contribution in [0.4, 0.5) is 5.69 Å². The van der Waals surface area contributed by atoms with Gasteiger partial charge in [0.05, 0.1) is 6.21 Å². The molecule has 0 radical (unpaired) electrons. The van der Waals surface area contributed by atoms with Crippen LogP contribution in [0.2, 0.25) is 0 Å². The van der Waals surface area contributed by atoms with Gasteiger partial charge in [-0.25, -0.2) is 4.79 Å². The lowest BCUT2D eigenvalue weighted by atomic mass is 10.2. The van der Waals surface area contributed by atoms with Crippen molar-refractivity contribution in [2.24, 2.45) is 5.16 Å². The Balaban J connectivity index is 2.60.